The van der Waals surface area contributed by atoms with Gasteiger partial charge in [0.25, 0.3) is 0 Å². The van der Waals surface area contributed by atoms with Gasteiger partial charge in [0, 0.05) is 23.5 Å². The molecule has 3 aromatic heterocycles. The fourth-order valence-corrected chi connectivity index (χ4v) is 2.81. The summed E-state index contributed by atoms with van der Waals surface area (Å²) in [6.07, 6.45) is 5.09. The third kappa shape index (κ3) is 3.54. The number of amides is 1. The second-order valence-electron chi connectivity index (χ2n) is 6.27. The second kappa shape index (κ2) is 7.10. The van der Waals surface area contributed by atoms with Crippen LogP contribution in [0.5, 0.6) is 5.75 Å². The zero-order valence-corrected chi connectivity index (χ0v) is 15.3. The maximum Gasteiger partial charge on any atom is 0.249 e. The molecule has 0 spiro atoms. The van der Waals surface area contributed by atoms with Gasteiger partial charge in [-0.05, 0) is 42.8 Å². The minimum atomic E-state index is -0.372. The van der Waals surface area contributed by atoms with Gasteiger partial charge < -0.3 is 4.74 Å². The first-order valence-electron chi connectivity index (χ1n) is 8.51. The third-order valence-electron chi connectivity index (χ3n) is 4.13. The summed E-state index contributed by atoms with van der Waals surface area (Å²) in [4.78, 5) is 16.4. The monoisotopic (exact) mass is 380 g/mol. The summed E-state index contributed by atoms with van der Waals surface area (Å²) in [6, 6.07) is 7.96. The van der Waals surface area contributed by atoms with Crippen molar-refractivity contribution >= 4 is 17.5 Å². The molecule has 0 saturated carbocycles. The molecule has 1 aromatic carbocycles. The van der Waals surface area contributed by atoms with Crippen molar-refractivity contribution < 1.29 is 13.9 Å². The number of ether oxygens (including phenoxy) is 1. The number of carbonyl (C=O) groups excluding carboxylic acids is 1. The molecule has 8 nitrogen and oxygen atoms in total. The van der Waals surface area contributed by atoms with E-state index >= 15 is 0 Å². The van der Waals surface area contributed by atoms with Crippen molar-refractivity contribution in [1.29, 1.82) is 0 Å². The molecule has 0 atom stereocenters. The Hall–Kier alpha value is -3.75. The number of hydrogen-bond donors (Lipinski definition) is 1. The van der Waals surface area contributed by atoms with E-state index in [9.17, 15) is 9.18 Å². The van der Waals surface area contributed by atoms with Crippen LogP contribution in [0.1, 0.15) is 5.56 Å². The van der Waals surface area contributed by atoms with Gasteiger partial charge in [-0.3, -0.25) is 14.8 Å². The number of methoxy groups -OCH3 is 1. The Morgan fingerprint density at radius 2 is 2.11 bits per heavy atom. The quantitative estimate of drug-likeness (QED) is 0.575. The van der Waals surface area contributed by atoms with Crippen LogP contribution in [0, 0.1) is 12.7 Å². The zero-order chi connectivity index (χ0) is 19.7. The fourth-order valence-electron chi connectivity index (χ4n) is 2.81. The number of fused-ring (bicyclic) bond motifs is 1. The largest absolute Gasteiger partial charge is 0.497 e. The SMILES string of the molecule is COc1ccc(F)c(-c2ccc3nc(NC(=O)Cn4cc(C)cn4)nn3c2)c1. The number of carbonyl (C=O) groups is 1. The van der Waals surface area contributed by atoms with E-state index in [-0.39, 0.29) is 24.2 Å². The number of nitrogens with one attached hydrogen (secondary N) is 1. The smallest absolute Gasteiger partial charge is 0.249 e. The van der Waals surface area contributed by atoms with Crippen LogP contribution in [0.3, 0.4) is 0 Å². The van der Waals surface area contributed by atoms with Crippen LogP contribution < -0.4 is 10.1 Å². The second-order valence-corrected chi connectivity index (χ2v) is 6.27. The first-order chi connectivity index (χ1) is 13.5. The number of halogens is 1. The average molecular weight is 380 g/mol. The maximum absolute atomic E-state index is 14.2. The maximum atomic E-state index is 14.2. The normalized spacial score (nSPS) is 11.0. The number of aryl methyl sites for hydroxylation is 1. The van der Waals surface area contributed by atoms with Crippen LogP contribution in [0.25, 0.3) is 16.8 Å². The van der Waals surface area contributed by atoms with Crippen molar-refractivity contribution in [1.82, 2.24) is 24.4 Å². The average Bonchev–Trinajstić information content (AvgIpc) is 3.26. The third-order valence-corrected chi connectivity index (χ3v) is 4.13. The van der Waals surface area contributed by atoms with Crippen LogP contribution >= 0.6 is 0 Å². The molecule has 0 aliphatic carbocycles. The summed E-state index contributed by atoms with van der Waals surface area (Å²) in [6.45, 7) is 1.96. The lowest BCUT2D eigenvalue weighted by Crippen LogP contribution is -2.19. The number of hydrogen-bond acceptors (Lipinski definition) is 5. The van der Waals surface area contributed by atoms with Crippen LogP contribution in [-0.2, 0) is 11.3 Å². The van der Waals surface area contributed by atoms with E-state index in [4.69, 9.17) is 4.74 Å². The molecule has 0 aliphatic heterocycles. The highest BCUT2D eigenvalue weighted by Crippen LogP contribution is 2.27. The Morgan fingerprint density at radius 3 is 2.86 bits per heavy atom. The van der Waals surface area contributed by atoms with Crippen molar-refractivity contribution in [2.45, 2.75) is 13.5 Å². The van der Waals surface area contributed by atoms with Crippen LogP contribution in [0.15, 0.2) is 48.9 Å². The summed E-state index contributed by atoms with van der Waals surface area (Å²) in [5.41, 5.74) is 2.49. The van der Waals surface area contributed by atoms with Crippen LogP contribution in [0.2, 0.25) is 0 Å². The highest BCUT2D eigenvalue weighted by atomic mass is 19.1. The Kier molecular flexibility index (Phi) is 4.48. The molecular formula is C19H17FN6O2. The fraction of sp³-hybridized carbons (Fsp3) is 0.158. The van der Waals surface area contributed by atoms with Gasteiger partial charge in [0.05, 0.1) is 13.3 Å². The molecule has 0 radical (unpaired) electrons. The number of rotatable bonds is 5. The summed E-state index contributed by atoms with van der Waals surface area (Å²) in [5.74, 6) is 0.0513. The molecule has 9 heteroatoms. The molecule has 0 unspecified atom stereocenters. The van der Waals surface area contributed by atoms with Gasteiger partial charge in [-0.15, -0.1) is 5.10 Å². The molecule has 0 aliphatic rings. The highest BCUT2D eigenvalue weighted by Gasteiger charge is 2.12. The van der Waals surface area contributed by atoms with Crippen molar-refractivity contribution in [2.75, 3.05) is 12.4 Å². The lowest BCUT2D eigenvalue weighted by atomic mass is 10.1. The van der Waals surface area contributed by atoms with Gasteiger partial charge in [-0.25, -0.2) is 8.91 Å². The van der Waals surface area contributed by atoms with Crippen molar-refractivity contribution in [3.63, 3.8) is 0 Å². The van der Waals surface area contributed by atoms with Crippen molar-refractivity contribution in [3.8, 4) is 16.9 Å². The minimum absolute atomic E-state index is 0.0592. The van der Waals surface area contributed by atoms with Gasteiger partial charge in [0.2, 0.25) is 11.9 Å². The first-order valence-corrected chi connectivity index (χ1v) is 8.51. The first kappa shape index (κ1) is 17.7. The molecular weight excluding hydrogens is 363 g/mol. The minimum Gasteiger partial charge on any atom is -0.497 e. The van der Waals surface area contributed by atoms with Gasteiger partial charge in [0.15, 0.2) is 5.65 Å². The Balaban J connectivity index is 1.57. The van der Waals surface area contributed by atoms with E-state index in [2.05, 4.69) is 20.5 Å². The molecule has 0 fully saturated rings. The van der Waals surface area contributed by atoms with E-state index in [1.165, 1.54) is 22.4 Å². The van der Waals surface area contributed by atoms with Gasteiger partial charge in [-0.2, -0.15) is 10.1 Å². The predicted octanol–water partition coefficient (Wildman–Crippen LogP) is 2.69. The Morgan fingerprint density at radius 1 is 1.25 bits per heavy atom. The molecule has 142 valence electrons. The lowest BCUT2D eigenvalue weighted by Gasteiger charge is -2.06. The summed E-state index contributed by atoms with van der Waals surface area (Å²) in [7, 11) is 1.52. The van der Waals surface area contributed by atoms with E-state index in [1.54, 1.807) is 42.9 Å². The number of anilines is 1. The topological polar surface area (TPSA) is 86.3 Å². The van der Waals surface area contributed by atoms with Crippen molar-refractivity contribution in [2.24, 2.45) is 0 Å². The van der Waals surface area contributed by atoms with E-state index < -0.39 is 0 Å². The van der Waals surface area contributed by atoms with Gasteiger partial charge in [-0.1, -0.05) is 0 Å². The number of nitrogens with zero attached hydrogens (tertiary/aromatic N) is 5. The highest BCUT2D eigenvalue weighted by molar-refractivity contribution is 5.88. The molecule has 1 amide bonds. The van der Waals surface area contributed by atoms with Crippen LogP contribution in [0.4, 0.5) is 10.3 Å². The molecule has 0 saturated heterocycles. The van der Waals surface area contributed by atoms with Gasteiger partial charge >= 0.3 is 0 Å². The Bertz CT molecular complexity index is 1170. The van der Waals surface area contributed by atoms with E-state index in [0.29, 0.717) is 22.5 Å². The lowest BCUT2D eigenvalue weighted by molar-refractivity contribution is -0.116. The number of benzene rings is 1. The molecule has 0 bridgehead atoms. The molecule has 28 heavy (non-hydrogen) atoms. The van der Waals surface area contributed by atoms with E-state index in [0.717, 1.165) is 5.56 Å². The predicted molar refractivity (Wildman–Crippen MR) is 101 cm³/mol. The summed E-state index contributed by atoms with van der Waals surface area (Å²) >= 11 is 0. The molecule has 1 N–H and O–H groups in total. The van der Waals surface area contributed by atoms with Gasteiger partial charge in [0.1, 0.15) is 18.1 Å². The van der Waals surface area contributed by atoms with Crippen molar-refractivity contribution in [3.05, 3.63) is 60.3 Å². The van der Waals surface area contributed by atoms with E-state index in [1.807, 2.05) is 6.92 Å². The molecule has 3 heterocycles. The summed E-state index contributed by atoms with van der Waals surface area (Å²) in [5, 5.41) is 11.0. The number of pyridine rings is 1. The zero-order valence-electron chi connectivity index (χ0n) is 15.3. The summed E-state index contributed by atoms with van der Waals surface area (Å²) < 4.78 is 22.4. The molecule has 4 aromatic rings. The number of aromatic nitrogens is 5. The standard InChI is InChI=1S/C19H17FN6O2/c1-12-8-21-25(9-12)11-18(27)23-19-22-17-6-3-13(10-26(17)24-19)15-7-14(28-2)4-5-16(15)20/h3-10H,11H2,1-2H3,(H,23,24,27). The Labute approximate surface area is 159 Å². The molecule has 4 rings (SSSR count). The van der Waals surface area contributed by atoms with Crippen LogP contribution in [-0.4, -0.2) is 37.4 Å².